The van der Waals surface area contributed by atoms with Crippen molar-refractivity contribution in [3.63, 3.8) is 0 Å². The number of rotatable bonds is 4. The van der Waals surface area contributed by atoms with Crippen LogP contribution in [0, 0.1) is 5.41 Å². The van der Waals surface area contributed by atoms with Crippen LogP contribution in [0.25, 0.3) is 0 Å². The van der Waals surface area contributed by atoms with Crippen LogP contribution in [0.4, 0.5) is 0 Å². The number of carboxylic acids is 1. The topological polar surface area (TPSA) is 63.6 Å². The molecule has 0 saturated carbocycles. The number of hydrogen-bond acceptors (Lipinski definition) is 3. The van der Waals surface area contributed by atoms with Crippen molar-refractivity contribution in [3.8, 4) is 0 Å². The summed E-state index contributed by atoms with van der Waals surface area (Å²) >= 11 is 0. The second-order valence-corrected chi connectivity index (χ2v) is 4.37. The first-order valence-corrected chi connectivity index (χ1v) is 4.89. The maximum atomic E-state index is 11.2. The molecule has 0 amide bonds. The fourth-order valence-corrected chi connectivity index (χ4v) is 1.19. The molecule has 0 rings (SSSR count). The lowest BCUT2D eigenvalue weighted by Gasteiger charge is -2.28. The molecule has 1 N–H and O–H groups in total. The van der Waals surface area contributed by atoms with Crippen molar-refractivity contribution in [1.29, 1.82) is 0 Å². The number of carboxylic acid groups (broad SMARTS) is 1. The van der Waals surface area contributed by atoms with Gasteiger partial charge in [-0.1, -0.05) is 27.7 Å². The van der Waals surface area contributed by atoms with Gasteiger partial charge < -0.3 is 9.84 Å². The van der Waals surface area contributed by atoms with Gasteiger partial charge in [-0.2, -0.15) is 0 Å². The molecular formula is C11H18O4. The number of carbonyl (C=O) groups is 2. The highest BCUT2D eigenvalue weighted by atomic mass is 16.5. The normalized spacial score (nSPS) is 13.9. The lowest BCUT2D eigenvalue weighted by Crippen LogP contribution is -2.30. The van der Waals surface area contributed by atoms with E-state index in [0.717, 1.165) is 12.2 Å². The Hall–Kier alpha value is -1.32. The van der Waals surface area contributed by atoms with Gasteiger partial charge in [-0.25, -0.2) is 9.59 Å². The van der Waals surface area contributed by atoms with Gasteiger partial charge >= 0.3 is 11.9 Å². The van der Waals surface area contributed by atoms with Crippen LogP contribution in [-0.2, 0) is 14.3 Å². The highest BCUT2D eigenvalue weighted by molar-refractivity contribution is 5.90. The predicted octanol–water partition coefficient (Wildman–Crippen LogP) is 2.00. The second-order valence-electron chi connectivity index (χ2n) is 4.37. The van der Waals surface area contributed by atoms with E-state index in [1.807, 2.05) is 27.7 Å². The summed E-state index contributed by atoms with van der Waals surface area (Å²) in [4.78, 5) is 21.4. The van der Waals surface area contributed by atoms with Gasteiger partial charge in [0.15, 0.2) is 0 Å². The minimum absolute atomic E-state index is 0.137. The molecule has 0 fully saturated rings. The molecule has 0 aliphatic rings. The zero-order valence-corrected chi connectivity index (χ0v) is 9.61. The maximum Gasteiger partial charge on any atom is 0.331 e. The summed E-state index contributed by atoms with van der Waals surface area (Å²) in [6.45, 7) is 7.82. The minimum atomic E-state index is -1.16. The van der Waals surface area contributed by atoms with E-state index in [2.05, 4.69) is 0 Å². The Balaban J connectivity index is 4.32. The largest absolute Gasteiger partial charge is 0.478 e. The smallest absolute Gasteiger partial charge is 0.331 e. The quantitative estimate of drug-likeness (QED) is 0.574. The molecule has 0 aromatic heterocycles. The number of ether oxygens (including phenoxy) is 1. The summed E-state index contributed by atoms with van der Waals surface area (Å²) in [6.07, 6.45) is 2.20. The first-order chi connectivity index (χ1) is 6.77. The summed E-state index contributed by atoms with van der Waals surface area (Å²) in [5.74, 6) is -1.77. The van der Waals surface area contributed by atoms with E-state index in [0.29, 0.717) is 6.42 Å². The molecule has 0 aromatic carbocycles. The van der Waals surface area contributed by atoms with Crippen LogP contribution < -0.4 is 0 Å². The Bertz CT molecular complexity index is 260. The zero-order valence-electron chi connectivity index (χ0n) is 9.61. The third-order valence-corrected chi connectivity index (χ3v) is 1.96. The van der Waals surface area contributed by atoms with Crippen molar-refractivity contribution in [2.24, 2.45) is 5.41 Å². The molecule has 0 bridgehead atoms. The van der Waals surface area contributed by atoms with Crippen molar-refractivity contribution >= 4 is 11.9 Å². The van der Waals surface area contributed by atoms with E-state index in [1.54, 1.807) is 0 Å². The third-order valence-electron chi connectivity index (χ3n) is 1.96. The van der Waals surface area contributed by atoms with Crippen molar-refractivity contribution in [2.45, 2.75) is 40.2 Å². The summed E-state index contributed by atoms with van der Waals surface area (Å²) < 4.78 is 5.13. The summed E-state index contributed by atoms with van der Waals surface area (Å²) in [5, 5.41) is 8.32. The van der Waals surface area contributed by atoms with Gasteiger partial charge in [-0.05, 0) is 11.8 Å². The van der Waals surface area contributed by atoms with Gasteiger partial charge in [0.05, 0.1) is 0 Å². The molecule has 4 heteroatoms. The maximum absolute atomic E-state index is 11.2. The lowest BCUT2D eigenvalue weighted by molar-refractivity contribution is -0.149. The van der Waals surface area contributed by atoms with Crippen molar-refractivity contribution in [1.82, 2.24) is 0 Å². The molecule has 15 heavy (non-hydrogen) atoms. The minimum Gasteiger partial charge on any atom is -0.478 e. The molecule has 0 aliphatic carbocycles. The van der Waals surface area contributed by atoms with E-state index < -0.39 is 11.9 Å². The molecule has 0 aromatic rings. The molecule has 0 saturated heterocycles. The van der Waals surface area contributed by atoms with Crippen LogP contribution >= 0.6 is 0 Å². The van der Waals surface area contributed by atoms with E-state index in [-0.39, 0.29) is 11.5 Å². The molecule has 1 unspecified atom stereocenters. The van der Waals surface area contributed by atoms with Crippen molar-refractivity contribution in [3.05, 3.63) is 12.2 Å². The van der Waals surface area contributed by atoms with Crippen LogP contribution in [0.1, 0.15) is 34.1 Å². The van der Waals surface area contributed by atoms with Gasteiger partial charge in [0, 0.05) is 12.2 Å². The molecule has 4 nitrogen and oxygen atoms in total. The number of aliphatic carboxylic acids is 1. The fourth-order valence-electron chi connectivity index (χ4n) is 1.19. The molecule has 0 radical (unpaired) electrons. The average Bonchev–Trinajstić information content (AvgIpc) is 2.08. The SMILES string of the molecule is CCC(OC(=O)C=CC(=O)O)C(C)(C)C. The Morgan fingerprint density at radius 1 is 1.33 bits per heavy atom. The monoisotopic (exact) mass is 214 g/mol. The van der Waals surface area contributed by atoms with Crippen LogP contribution in [0.3, 0.4) is 0 Å². The molecular weight excluding hydrogens is 196 g/mol. The van der Waals surface area contributed by atoms with E-state index >= 15 is 0 Å². The van der Waals surface area contributed by atoms with Crippen LogP contribution in [0.5, 0.6) is 0 Å². The van der Waals surface area contributed by atoms with Gasteiger partial charge in [0.25, 0.3) is 0 Å². The third kappa shape index (κ3) is 5.88. The Morgan fingerprint density at radius 2 is 1.87 bits per heavy atom. The van der Waals surface area contributed by atoms with E-state index in [9.17, 15) is 9.59 Å². The Labute approximate surface area is 89.9 Å². The average molecular weight is 214 g/mol. The first kappa shape index (κ1) is 13.7. The number of carbonyl (C=O) groups excluding carboxylic acids is 1. The second kappa shape index (κ2) is 5.53. The van der Waals surface area contributed by atoms with Gasteiger partial charge in [-0.15, -0.1) is 0 Å². The zero-order chi connectivity index (χ0) is 12.1. The number of hydrogen-bond donors (Lipinski definition) is 1. The molecule has 86 valence electrons. The van der Waals surface area contributed by atoms with Crippen molar-refractivity contribution in [2.75, 3.05) is 0 Å². The highest BCUT2D eigenvalue weighted by Gasteiger charge is 2.25. The lowest BCUT2D eigenvalue weighted by atomic mass is 9.87. The first-order valence-electron chi connectivity index (χ1n) is 4.89. The van der Waals surface area contributed by atoms with Gasteiger partial charge in [0.2, 0.25) is 0 Å². The molecule has 1 atom stereocenters. The fraction of sp³-hybridized carbons (Fsp3) is 0.636. The van der Waals surface area contributed by atoms with Crippen LogP contribution in [-0.4, -0.2) is 23.1 Å². The van der Waals surface area contributed by atoms with E-state index in [4.69, 9.17) is 9.84 Å². The standard InChI is InChI=1S/C11H18O4/c1-5-8(11(2,3)4)15-10(14)7-6-9(12)13/h6-8H,5H2,1-4H3,(H,12,13). The van der Waals surface area contributed by atoms with Gasteiger partial charge in [0.1, 0.15) is 6.10 Å². The van der Waals surface area contributed by atoms with Crippen molar-refractivity contribution < 1.29 is 19.4 Å². The summed E-state index contributed by atoms with van der Waals surface area (Å²) in [7, 11) is 0. The summed E-state index contributed by atoms with van der Waals surface area (Å²) in [6, 6.07) is 0. The summed E-state index contributed by atoms with van der Waals surface area (Å²) in [5.41, 5.74) is -0.137. The van der Waals surface area contributed by atoms with E-state index in [1.165, 1.54) is 0 Å². The highest BCUT2D eigenvalue weighted by Crippen LogP contribution is 2.24. The van der Waals surface area contributed by atoms with Crippen LogP contribution in [0.15, 0.2) is 12.2 Å². The molecule has 0 spiro atoms. The van der Waals surface area contributed by atoms with Crippen LogP contribution in [0.2, 0.25) is 0 Å². The predicted molar refractivity (Wildman–Crippen MR) is 56.4 cm³/mol. The Morgan fingerprint density at radius 3 is 2.20 bits per heavy atom. The van der Waals surface area contributed by atoms with Gasteiger partial charge in [-0.3, -0.25) is 0 Å². The number of esters is 1. The molecule has 0 aliphatic heterocycles. The molecule has 0 heterocycles. The Kier molecular flexibility index (Phi) is 5.05.